The van der Waals surface area contributed by atoms with E-state index in [0.29, 0.717) is 34.4 Å². The van der Waals surface area contributed by atoms with Crippen LogP contribution in [-0.4, -0.2) is 15.4 Å². The van der Waals surface area contributed by atoms with Crippen molar-refractivity contribution in [2.45, 2.75) is 6.42 Å². The van der Waals surface area contributed by atoms with Gasteiger partial charge in [0, 0.05) is 23.4 Å². The summed E-state index contributed by atoms with van der Waals surface area (Å²) in [5.41, 5.74) is 1.96. The molecule has 0 amide bonds. The van der Waals surface area contributed by atoms with Crippen LogP contribution in [0.25, 0.3) is 16.7 Å². The zero-order valence-electron chi connectivity index (χ0n) is 10.8. The summed E-state index contributed by atoms with van der Waals surface area (Å²) in [5.74, 6) is -0.737. The van der Waals surface area contributed by atoms with Crippen LogP contribution in [0.15, 0.2) is 36.4 Å². The molecule has 0 saturated carbocycles. The zero-order valence-corrected chi connectivity index (χ0v) is 12.3. The Bertz CT molecular complexity index is 815. The SMILES string of the molecule is Fc1ccc(-n2c(CCCl)nc3cc(Cl)ccc32)cc1F. The first kappa shape index (κ1) is 14.3. The molecule has 1 aromatic heterocycles. The molecular weight excluding hydrogens is 317 g/mol. The average molecular weight is 327 g/mol. The molecule has 0 aliphatic heterocycles. The molecule has 3 rings (SSSR count). The standard InChI is InChI=1S/C15H10Cl2F2N2/c16-6-5-15-20-13-7-9(17)1-4-14(13)21(15)10-2-3-11(18)12(19)8-10/h1-4,7-8H,5-6H2. The van der Waals surface area contributed by atoms with Crippen LogP contribution in [-0.2, 0) is 6.42 Å². The fourth-order valence-electron chi connectivity index (χ4n) is 2.27. The first-order chi connectivity index (χ1) is 10.1. The number of aryl methyl sites for hydroxylation is 1. The van der Waals surface area contributed by atoms with Gasteiger partial charge in [-0.3, -0.25) is 4.57 Å². The summed E-state index contributed by atoms with van der Waals surface area (Å²) in [4.78, 5) is 4.47. The molecule has 0 aliphatic rings. The first-order valence-electron chi connectivity index (χ1n) is 6.28. The van der Waals surface area contributed by atoms with Gasteiger partial charge in [-0.2, -0.15) is 0 Å². The fraction of sp³-hybridized carbons (Fsp3) is 0.133. The quantitative estimate of drug-likeness (QED) is 0.636. The van der Waals surface area contributed by atoms with Gasteiger partial charge >= 0.3 is 0 Å². The molecule has 2 nitrogen and oxygen atoms in total. The molecule has 6 heteroatoms. The Kier molecular flexibility index (Phi) is 3.83. The number of fused-ring (bicyclic) bond motifs is 1. The molecule has 21 heavy (non-hydrogen) atoms. The lowest BCUT2D eigenvalue weighted by atomic mass is 10.2. The van der Waals surface area contributed by atoms with Gasteiger partial charge in [0.25, 0.3) is 0 Å². The third kappa shape index (κ3) is 2.61. The summed E-state index contributed by atoms with van der Waals surface area (Å²) in [6.45, 7) is 0. The van der Waals surface area contributed by atoms with Gasteiger partial charge in [0.05, 0.1) is 16.7 Å². The molecule has 0 saturated heterocycles. The summed E-state index contributed by atoms with van der Waals surface area (Å²) in [6.07, 6.45) is 0.507. The van der Waals surface area contributed by atoms with Crippen LogP contribution in [0, 0.1) is 11.6 Å². The molecule has 0 spiro atoms. The van der Waals surface area contributed by atoms with Crippen LogP contribution in [0.2, 0.25) is 5.02 Å². The van der Waals surface area contributed by atoms with Crippen molar-refractivity contribution < 1.29 is 8.78 Å². The average Bonchev–Trinajstić information content (AvgIpc) is 2.79. The highest BCUT2D eigenvalue weighted by Crippen LogP contribution is 2.25. The van der Waals surface area contributed by atoms with Crippen LogP contribution in [0.1, 0.15) is 5.82 Å². The molecule has 1 heterocycles. The lowest BCUT2D eigenvalue weighted by Crippen LogP contribution is -2.03. The van der Waals surface area contributed by atoms with Crippen LogP contribution in [0.4, 0.5) is 8.78 Å². The molecule has 2 aromatic carbocycles. The van der Waals surface area contributed by atoms with Gasteiger partial charge in [0.15, 0.2) is 11.6 Å². The van der Waals surface area contributed by atoms with Crippen LogP contribution >= 0.6 is 23.2 Å². The number of imidazole rings is 1. The van der Waals surface area contributed by atoms with E-state index in [1.807, 2.05) is 0 Å². The molecule has 0 unspecified atom stereocenters. The normalized spacial score (nSPS) is 11.2. The maximum atomic E-state index is 13.5. The van der Waals surface area contributed by atoms with Crippen molar-refractivity contribution in [3.8, 4) is 5.69 Å². The van der Waals surface area contributed by atoms with E-state index in [9.17, 15) is 8.78 Å². The Labute approximate surface area is 129 Å². The molecule has 0 bridgehead atoms. The largest absolute Gasteiger partial charge is 0.296 e. The second-order valence-electron chi connectivity index (χ2n) is 4.53. The maximum absolute atomic E-state index is 13.5. The Hall–Kier alpha value is -1.65. The van der Waals surface area contributed by atoms with E-state index in [0.717, 1.165) is 17.6 Å². The van der Waals surface area contributed by atoms with Gasteiger partial charge < -0.3 is 0 Å². The van der Waals surface area contributed by atoms with Gasteiger partial charge in [0.1, 0.15) is 5.82 Å². The summed E-state index contributed by atoms with van der Waals surface area (Å²) >= 11 is 11.8. The van der Waals surface area contributed by atoms with E-state index in [2.05, 4.69) is 4.98 Å². The number of hydrogen-bond acceptors (Lipinski definition) is 1. The van der Waals surface area contributed by atoms with Crippen molar-refractivity contribution in [3.63, 3.8) is 0 Å². The lowest BCUT2D eigenvalue weighted by Gasteiger charge is -2.09. The van der Waals surface area contributed by atoms with E-state index in [1.54, 1.807) is 22.8 Å². The predicted molar refractivity (Wildman–Crippen MR) is 80.4 cm³/mol. The van der Waals surface area contributed by atoms with Crippen molar-refractivity contribution in [3.05, 3.63) is 58.9 Å². The highest BCUT2D eigenvalue weighted by Gasteiger charge is 2.14. The van der Waals surface area contributed by atoms with Gasteiger partial charge in [-0.15, -0.1) is 11.6 Å². The minimum atomic E-state index is -0.903. The maximum Gasteiger partial charge on any atom is 0.160 e. The third-order valence-electron chi connectivity index (χ3n) is 3.17. The van der Waals surface area contributed by atoms with Crippen molar-refractivity contribution in [2.75, 3.05) is 5.88 Å². The van der Waals surface area contributed by atoms with Crippen LogP contribution in [0.5, 0.6) is 0 Å². The number of hydrogen-bond donors (Lipinski definition) is 0. The van der Waals surface area contributed by atoms with Crippen molar-refractivity contribution in [1.82, 2.24) is 9.55 Å². The summed E-state index contributed by atoms with van der Waals surface area (Å²) in [6, 6.07) is 8.99. The second-order valence-corrected chi connectivity index (χ2v) is 5.35. The van der Waals surface area contributed by atoms with Crippen molar-refractivity contribution in [2.24, 2.45) is 0 Å². The van der Waals surface area contributed by atoms with Gasteiger partial charge in [-0.25, -0.2) is 13.8 Å². The lowest BCUT2D eigenvalue weighted by molar-refractivity contribution is 0.508. The second kappa shape index (κ2) is 5.62. The van der Waals surface area contributed by atoms with Gasteiger partial charge in [-0.05, 0) is 30.3 Å². The minimum absolute atomic E-state index is 0.376. The van der Waals surface area contributed by atoms with E-state index in [4.69, 9.17) is 23.2 Å². The van der Waals surface area contributed by atoms with Crippen LogP contribution < -0.4 is 0 Å². The molecule has 0 atom stereocenters. The van der Waals surface area contributed by atoms with Gasteiger partial charge in [0.2, 0.25) is 0 Å². The molecule has 0 N–H and O–H groups in total. The fourth-order valence-corrected chi connectivity index (χ4v) is 2.60. The number of aromatic nitrogens is 2. The van der Waals surface area contributed by atoms with Gasteiger partial charge in [-0.1, -0.05) is 11.6 Å². The smallest absolute Gasteiger partial charge is 0.160 e. The molecule has 108 valence electrons. The Balaban J connectivity index is 2.27. The molecule has 0 aliphatic carbocycles. The Morgan fingerprint density at radius 2 is 1.86 bits per heavy atom. The molecule has 3 aromatic rings. The first-order valence-corrected chi connectivity index (χ1v) is 7.19. The number of rotatable bonds is 3. The number of benzene rings is 2. The summed E-state index contributed by atoms with van der Waals surface area (Å²) in [5, 5.41) is 0.565. The zero-order chi connectivity index (χ0) is 15.0. The molecular formula is C15H10Cl2F2N2. The highest BCUT2D eigenvalue weighted by molar-refractivity contribution is 6.31. The highest BCUT2D eigenvalue weighted by atomic mass is 35.5. The predicted octanol–water partition coefficient (Wildman–Crippen LogP) is 4.74. The van der Waals surface area contributed by atoms with Crippen molar-refractivity contribution >= 4 is 34.2 Å². The van der Waals surface area contributed by atoms with E-state index < -0.39 is 11.6 Å². The molecule has 0 radical (unpaired) electrons. The third-order valence-corrected chi connectivity index (χ3v) is 3.59. The van der Waals surface area contributed by atoms with Crippen molar-refractivity contribution in [1.29, 1.82) is 0 Å². The van der Waals surface area contributed by atoms with E-state index >= 15 is 0 Å². The summed E-state index contributed by atoms with van der Waals surface area (Å²) in [7, 11) is 0. The minimum Gasteiger partial charge on any atom is -0.296 e. The summed E-state index contributed by atoms with van der Waals surface area (Å²) < 4.78 is 28.4. The number of nitrogens with zero attached hydrogens (tertiary/aromatic N) is 2. The monoisotopic (exact) mass is 326 g/mol. The number of alkyl halides is 1. The Morgan fingerprint density at radius 3 is 2.57 bits per heavy atom. The topological polar surface area (TPSA) is 17.8 Å². The number of halogens is 4. The Morgan fingerprint density at radius 1 is 1.05 bits per heavy atom. The van der Waals surface area contributed by atoms with E-state index in [1.165, 1.54) is 6.07 Å². The van der Waals surface area contributed by atoms with E-state index in [-0.39, 0.29) is 0 Å². The molecule has 0 fully saturated rings. The van der Waals surface area contributed by atoms with Crippen LogP contribution in [0.3, 0.4) is 0 Å².